The Hall–Kier alpha value is -0.660. The monoisotopic (exact) mass is 238 g/mol. The molecule has 0 aromatic rings. The van der Waals surface area contributed by atoms with Crippen LogP contribution in [-0.4, -0.2) is 37.0 Å². The summed E-state index contributed by atoms with van der Waals surface area (Å²) in [5.74, 6) is 1.17. The molecule has 0 aromatic carbocycles. The van der Waals surface area contributed by atoms with Crippen molar-refractivity contribution in [2.24, 2.45) is 4.99 Å². The van der Waals surface area contributed by atoms with Gasteiger partial charge in [-0.2, -0.15) is 0 Å². The van der Waals surface area contributed by atoms with E-state index in [0.29, 0.717) is 0 Å². The minimum absolute atomic E-state index is 0.817. The Balaban J connectivity index is 2.11. The average Bonchev–Trinajstić information content (AvgIpc) is 2.58. The van der Waals surface area contributed by atoms with Gasteiger partial charge >= 0.3 is 0 Å². The Bertz CT molecular complexity index is 339. The molecule has 0 aromatic heterocycles. The van der Waals surface area contributed by atoms with Crippen molar-refractivity contribution in [2.45, 2.75) is 19.8 Å². The Morgan fingerprint density at radius 1 is 1.38 bits per heavy atom. The van der Waals surface area contributed by atoms with Crippen molar-refractivity contribution < 1.29 is 4.74 Å². The third-order valence-corrected chi connectivity index (χ3v) is 3.15. The molecule has 3 nitrogen and oxygen atoms in total. The first-order chi connectivity index (χ1) is 7.75. The van der Waals surface area contributed by atoms with E-state index in [1.165, 1.54) is 16.7 Å². The van der Waals surface area contributed by atoms with Gasteiger partial charge in [0.1, 0.15) is 5.84 Å². The predicted octanol–water partition coefficient (Wildman–Crippen LogP) is 2.17. The van der Waals surface area contributed by atoms with E-state index in [4.69, 9.17) is 4.74 Å². The molecular weight excluding hydrogens is 219 g/mol. The fraction of sp³-hybridized carbons (Fsp3) is 0.583. The Morgan fingerprint density at radius 2 is 2.25 bits per heavy atom. The molecular formula is C12H19N2OP. The third kappa shape index (κ3) is 3.16. The summed E-state index contributed by atoms with van der Waals surface area (Å²) in [6.07, 6.45) is 6.16. The van der Waals surface area contributed by atoms with Crippen LogP contribution < -0.4 is 0 Å². The molecule has 0 radical (unpaired) electrons. The number of aliphatic imine (C=N–C) groups is 1. The van der Waals surface area contributed by atoms with Gasteiger partial charge in [0, 0.05) is 32.3 Å². The van der Waals surface area contributed by atoms with E-state index in [2.05, 4.69) is 32.1 Å². The van der Waals surface area contributed by atoms with Crippen LogP contribution in [0.2, 0.25) is 0 Å². The Morgan fingerprint density at radius 3 is 3.12 bits per heavy atom. The fourth-order valence-corrected chi connectivity index (χ4v) is 2.43. The van der Waals surface area contributed by atoms with E-state index in [-0.39, 0.29) is 0 Å². The first-order valence-electron chi connectivity index (χ1n) is 5.78. The topological polar surface area (TPSA) is 24.8 Å². The van der Waals surface area contributed by atoms with Gasteiger partial charge in [0.05, 0.1) is 6.61 Å². The zero-order valence-electron chi connectivity index (χ0n) is 9.78. The second-order valence-electron chi connectivity index (χ2n) is 4.27. The highest BCUT2D eigenvalue weighted by Crippen LogP contribution is 2.20. The zero-order chi connectivity index (χ0) is 11.4. The maximum Gasteiger partial charge on any atom is 0.109 e. The van der Waals surface area contributed by atoms with Crippen LogP contribution in [0.15, 0.2) is 28.2 Å². The first-order valence-corrected chi connectivity index (χ1v) is 6.35. The molecule has 0 amide bonds. The highest BCUT2D eigenvalue weighted by molar-refractivity contribution is 7.22. The van der Waals surface area contributed by atoms with Gasteiger partial charge in [-0.3, -0.25) is 0 Å². The smallest absolute Gasteiger partial charge is 0.109 e. The second-order valence-corrected chi connectivity index (χ2v) is 5.01. The summed E-state index contributed by atoms with van der Waals surface area (Å²) >= 11 is 0. The van der Waals surface area contributed by atoms with Gasteiger partial charge < -0.3 is 9.64 Å². The van der Waals surface area contributed by atoms with Gasteiger partial charge in [-0.1, -0.05) is 6.08 Å². The molecule has 0 bridgehead atoms. The van der Waals surface area contributed by atoms with Crippen molar-refractivity contribution in [3.63, 3.8) is 0 Å². The molecule has 2 heterocycles. The lowest BCUT2D eigenvalue weighted by Crippen LogP contribution is -2.33. The molecule has 0 aliphatic carbocycles. The zero-order valence-corrected chi connectivity index (χ0v) is 10.9. The van der Waals surface area contributed by atoms with E-state index in [9.17, 15) is 0 Å². The van der Waals surface area contributed by atoms with Crippen LogP contribution in [0.1, 0.15) is 19.8 Å². The average molecular weight is 238 g/mol. The molecule has 88 valence electrons. The van der Waals surface area contributed by atoms with E-state index in [0.717, 1.165) is 39.1 Å². The molecule has 0 spiro atoms. The maximum absolute atomic E-state index is 5.46. The number of amidine groups is 1. The lowest BCUT2D eigenvalue weighted by atomic mass is 10.2. The number of hydrogen-bond acceptors (Lipinski definition) is 3. The summed E-state index contributed by atoms with van der Waals surface area (Å²) in [5, 5.41) is 1.30. The molecule has 2 aliphatic heterocycles. The highest BCUT2D eigenvalue weighted by atomic mass is 31.0. The third-order valence-electron chi connectivity index (χ3n) is 2.78. The summed E-state index contributed by atoms with van der Waals surface area (Å²) in [6.45, 7) is 5.80. The van der Waals surface area contributed by atoms with Gasteiger partial charge in [0.2, 0.25) is 0 Å². The van der Waals surface area contributed by atoms with Crippen molar-refractivity contribution in [3.05, 3.63) is 23.2 Å². The summed E-state index contributed by atoms with van der Waals surface area (Å²) in [5.41, 5.74) is 1.21. The quantitative estimate of drug-likeness (QED) is 0.604. The minimum atomic E-state index is 0.817. The molecule has 2 aliphatic rings. The normalized spacial score (nSPS) is 22.9. The molecule has 16 heavy (non-hydrogen) atoms. The fourth-order valence-electron chi connectivity index (χ4n) is 1.98. The predicted molar refractivity (Wildman–Crippen MR) is 70.6 cm³/mol. The SMILES string of the molecule is CC1=CN=C(N2CCCOCC2)CC(P)=C1. The summed E-state index contributed by atoms with van der Waals surface area (Å²) in [7, 11) is 2.80. The number of ether oxygens (including phenoxy) is 1. The molecule has 1 saturated heterocycles. The number of hydrogen-bond donors (Lipinski definition) is 0. The molecule has 4 heteroatoms. The summed E-state index contributed by atoms with van der Waals surface area (Å²) in [6, 6.07) is 0. The highest BCUT2D eigenvalue weighted by Gasteiger charge is 2.15. The molecule has 2 rings (SSSR count). The summed E-state index contributed by atoms with van der Waals surface area (Å²) in [4.78, 5) is 6.93. The lowest BCUT2D eigenvalue weighted by Gasteiger charge is -2.23. The van der Waals surface area contributed by atoms with Crippen LogP contribution >= 0.6 is 9.24 Å². The number of allylic oxidation sites excluding steroid dienone is 2. The molecule has 1 fully saturated rings. The van der Waals surface area contributed by atoms with Crippen molar-refractivity contribution >= 4 is 15.1 Å². The summed E-state index contributed by atoms with van der Waals surface area (Å²) < 4.78 is 5.46. The number of rotatable bonds is 0. The van der Waals surface area contributed by atoms with Gasteiger partial charge in [-0.15, -0.1) is 9.24 Å². The lowest BCUT2D eigenvalue weighted by molar-refractivity contribution is 0.147. The Kier molecular flexibility index (Phi) is 4.14. The van der Waals surface area contributed by atoms with E-state index < -0.39 is 0 Å². The Labute approximate surface area is 99.5 Å². The first kappa shape index (κ1) is 11.8. The standard InChI is InChI=1S/C12H19N2OP/c1-10-7-11(16)8-12(13-9-10)14-3-2-5-15-6-4-14/h7,9H,2-6,8,16H2,1H3. The van der Waals surface area contributed by atoms with Crippen LogP contribution in [0.3, 0.4) is 0 Å². The van der Waals surface area contributed by atoms with Crippen LogP contribution in [0.4, 0.5) is 0 Å². The number of nitrogens with zero attached hydrogens (tertiary/aromatic N) is 2. The van der Waals surface area contributed by atoms with E-state index in [1.807, 2.05) is 6.20 Å². The minimum Gasteiger partial charge on any atom is -0.380 e. The van der Waals surface area contributed by atoms with Crippen molar-refractivity contribution in [3.8, 4) is 0 Å². The molecule has 0 N–H and O–H groups in total. The van der Waals surface area contributed by atoms with Crippen LogP contribution in [0.5, 0.6) is 0 Å². The van der Waals surface area contributed by atoms with Crippen molar-refractivity contribution in [2.75, 3.05) is 26.3 Å². The van der Waals surface area contributed by atoms with Crippen LogP contribution in [0.25, 0.3) is 0 Å². The molecule has 1 unspecified atom stereocenters. The van der Waals surface area contributed by atoms with Crippen molar-refractivity contribution in [1.29, 1.82) is 0 Å². The van der Waals surface area contributed by atoms with E-state index in [1.54, 1.807) is 0 Å². The second kappa shape index (κ2) is 5.60. The van der Waals surface area contributed by atoms with Crippen LogP contribution in [-0.2, 0) is 4.74 Å². The van der Waals surface area contributed by atoms with E-state index >= 15 is 0 Å². The molecule has 0 saturated carbocycles. The van der Waals surface area contributed by atoms with Crippen LogP contribution in [0, 0.1) is 0 Å². The van der Waals surface area contributed by atoms with Gasteiger partial charge in [-0.25, -0.2) is 4.99 Å². The van der Waals surface area contributed by atoms with Gasteiger partial charge in [0.15, 0.2) is 0 Å². The van der Waals surface area contributed by atoms with Gasteiger partial charge in [0.25, 0.3) is 0 Å². The molecule has 1 atom stereocenters. The maximum atomic E-state index is 5.46. The van der Waals surface area contributed by atoms with Crippen molar-refractivity contribution in [1.82, 2.24) is 4.90 Å². The van der Waals surface area contributed by atoms with Gasteiger partial charge in [-0.05, 0) is 24.2 Å². The largest absolute Gasteiger partial charge is 0.380 e.